The molecule has 2 heterocycles. The van der Waals surface area contributed by atoms with Crippen LogP contribution in [0.2, 0.25) is 0 Å². The van der Waals surface area contributed by atoms with Crippen LogP contribution in [0.5, 0.6) is 0 Å². The molecule has 0 amide bonds. The van der Waals surface area contributed by atoms with E-state index in [-0.39, 0.29) is 6.04 Å². The van der Waals surface area contributed by atoms with Crippen LogP contribution in [0.25, 0.3) is 12.2 Å². The minimum atomic E-state index is 0.167. The highest BCUT2D eigenvalue weighted by molar-refractivity contribution is 5.59. The van der Waals surface area contributed by atoms with Crippen molar-refractivity contribution >= 4 is 12.2 Å². The Morgan fingerprint density at radius 3 is 3.50 bits per heavy atom. The van der Waals surface area contributed by atoms with Crippen molar-refractivity contribution in [2.75, 3.05) is 0 Å². The van der Waals surface area contributed by atoms with Gasteiger partial charge in [-0.1, -0.05) is 0 Å². The fourth-order valence-electron chi connectivity index (χ4n) is 1.46. The van der Waals surface area contributed by atoms with Gasteiger partial charge in [0.2, 0.25) is 0 Å². The first-order valence-corrected chi connectivity index (χ1v) is 3.78. The van der Waals surface area contributed by atoms with Gasteiger partial charge >= 0.3 is 0 Å². The highest BCUT2D eigenvalue weighted by atomic mass is 16.6. The molecule has 0 saturated carbocycles. The summed E-state index contributed by atoms with van der Waals surface area (Å²) in [7, 11) is 0. The Bertz CT molecular complexity index is 457. The van der Waals surface area contributed by atoms with Gasteiger partial charge in [0, 0.05) is 5.57 Å². The summed E-state index contributed by atoms with van der Waals surface area (Å²) >= 11 is 0. The van der Waals surface area contributed by atoms with E-state index in [1.807, 2.05) is 12.2 Å². The highest BCUT2D eigenvalue weighted by Crippen LogP contribution is 2.12. The van der Waals surface area contributed by atoms with Gasteiger partial charge < -0.3 is 9.82 Å². The van der Waals surface area contributed by atoms with Gasteiger partial charge in [-0.05, 0) is 12.2 Å². The second-order valence-electron chi connectivity index (χ2n) is 2.84. The minimum Gasteiger partial charge on any atom is -0.415 e. The van der Waals surface area contributed by atoms with Crippen LogP contribution in [-0.2, 0) is 4.84 Å². The molecule has 1 aliphatic heterocycles. The summed E-state index contributed by atoms with van der Waals surface area (Å²) < 4.78 is 0. The third-order valence-electron chi connectivity index (χ3n) is 2.08. The Hall–Kier alpha value is -1.55. The van der Waals surface area contributed by atoms with Crippen molar-refractivity contribution in [3.63, 3.8) is 0 Å². The van der Waals surface area contributed by atoms with Crippen molar-refractivity contribution in [1.82, 2.24) is 15.4 Å². The van der Waals surface area contributed by atoms with Crippen LogP contribution in [0.1, 0.15) is 0 Å². The second-order valence-corrected chi connectivity index (χ2v) is 2.84. The van der Waals surface area contributed by atoms with Gasteiger partial charge in [0.05, 0.1) is 23.1 Å². The molecule has 0 radical (unpaired) electrons. The number of aromatic nitrogens is 2. The molecule has 1 aromatic rings. The fourth-order valence-corrected chi connectivity index (χ4v) is 1.46. The molecule has 0 fully saturated rings. The maximum atomic E-state index is 4.98. The van der Waals surface area contributed by atoms with Gasteiger partial charge in [0.15, 0.2) is 0 Å². The van der Waals surface area contributed by atoms with E-state index < -0.39 is 0 Å². The topological polar surface area (TPSA) is 49.9 Å². The monoisotopic (exact) mass is 161 g/mol. The Labute approximate surface area is 68.2 Å². The first-order chi connectivity index (χ1) is 5.93. The Balaban J connectivity index is 2.35. The number of aromatic amines is 1. The average Bonchev–Trinajstić information content (AvgIpc) is 2.64. The number of nitrogens with zero attached hydrogens (tertiary/aromatic N) is 1. The van der Waals surface area contributed by atoms with Gasteiger partial charge in [0.25, 0.3) is 0 Å². The Morgan fingerprint density at radius 1 is 1.50 bits per heavy atom. The number of hydrogen-bond donors (Lipinski definition) is 2. The van der Waals surface area contributed by atoms with Crippen LogP contribution in [0.15, 0.2) is 18.2 Å². The normalized spacial score (nSPS) is 24.3. The number of H-pyrrole nitrogens is 1. The summed E-state index contributed by atoms with van der Waals surface area (Å²) in [6.45, 7) is 0. The second kappa shape index (κ2) is 1.98. The van der Waals surface area contributed by atoms with Crippen LogP contribution < -0.4 is 16.2 Å². The van der Waals surface area contributed by atoms with Crippen LogP contribution in [0.3, 0.4) is 0 Å². The number of hydroxylamine groups is 1. The molecule has 4 nitrogen and oxygen atoms in total. The lowest BCUT2D eigenvalue weighted by Gasteiger charge is -2.06. The highest BCUT2D eigenvalue weighted by Gasteiger charge is 2.18. The van der Waals surface area contributed by atoms with E-state index >= 15 is 0 Å². The van der Waals surface area contributed by atoms with Gasteiger partial charge in [-0.2, -0.15) is 0 Å². The summed E-state index contributed by atoms with van der Waals surface area (Å²) in [6, 6.07) is 0.167. The molecule has 60 valence electrons. The third kappa shape index (κ3) is 0.670. The molecule has 0 saturated heterocycles. The van der Waals surface area contributed by atoms with E-state index in [0.717, 1.165) is 16.3 Å². The predicted molar refractivity (Wildman–Crippen MR) is 42.9 cm³/mol. The first-order valence-electron chi connectivity index (χ1n) is 3.78. The smallest absolute Gasteiger partial charge is 0.116 e. The fraction of sp³-hybridized carbons (Fsp3) is 0.125. The number of imidazole rings is 1. The molecule has 1 aliphatic carbocycles. The first kappa shape index (κ1) is 6.02. The average molecular weight is 161 g/mol. The standard InChI is InChI=1S/C8H7N3O/c1-5-3-12-11-6(5)2-8-7(1)9-4-10-8/h1-4,6,11H,(H,9,10). The van der Waals surface area contributed by atoms with E-state index in [9.17, 15) is 0 Å². The number of fused-ring (bicyclic) bond motifs is 2. The van der Waals surface area contributed by atoms with Gasteiger partial charge in [0.1, 0.15) is 6.26 Å². The third-order valence-corrected chi connectivity index (χ3v) is 2.08. The molecular weight excluding hydrogens is 154 g/mol. The van der Waals surface area contributed by atoms with Crippen molar-refractivity contribution in [2.45, 2.75) is 6.04 Å². The zero-order chi connectivity index (χ0) is 7.97. The Morgan fingerprint density at radius 2 is 2.50 bits per heavy atom. The van der Waals surface area contributed by atoms with Crippen molar-refractivity contribution in [2.24, 2.45) is 0 Å². The number of rotatable bonds is 0. The van der Waals surface area contributed by atoms with Gasteiger partial charge in [-0.3, -0.25) is 0 Å². The lowest BCUT2D eigenvalue weighted by atomic mass is 10.1. The number of nitrogens with one attached hydrogen (secondary N) is 2. The van der Waals surface area contributed by atoms with E-state index in [0.29, 0.717) is 0 Å². The van der Waals surface area contributed by atoms with Crippen molar-refractivity contribution < 1.29 is 4.84 Å². The summed E-state index contributed by atoms with van der Waals surface area (Å²) in [6.07, 6.45) is 7.47. The molecule has 2 N–H and O–H groups in total. The minimum absolute atomic E-state index is 0.167. The molecule has 0 aromatic carbocycles. The molecule has 2 aliphatic rings. The summed E-state index contributed by atoms with van der Waals surface area (Å²) in [5.74, 6) is 0. The predicted octanol–water partition coefficient (Wildman–Crippen LogP) is -1.23. The van der Waals surface area contributed by atoms with Crippen molar-refractivity contribution in [3.8, 4) is 0 Å². The summed E-state index contributed by atoms with van der Waals surface area (Å²) in [4.78, 5) is 12.2. The van der Waals surface area contributed by atoms with E-state index in [4.69, 9.17) is 4.84 Å². The van der Waals surface area contributed by atoms with Crippen LogP contribution >= 0.6 is 0 Å². The van der Waals surface area contributed by atoms with E-state index in [1.54, 1.807) is 12.6 Å². The van der Waals surface area contributed by atoms with Gasteiger partial charge in [-0.25, -0.2) is 4.98 Å². The molecule has 1 aromatic heterocycles. The quantitative estimate of drug-likeness (QED) is 0.501. The van der Waals surface area contributed by atoms with E-state index in [2.05, 4.69) is 15.4 Å². The van der Waals surface area contributed by atoms with Crippen molar-refractivity contribution in [3.05, 3.63) is 28.9 Å². The largest absolute Gasteiger partial charge is 0.415 e. The SMILES string of the molecule is C1=C2C=c3[nH]cnc3=CC2NO1. The molecule has 1 unspecified atom stereocenters. The lowest BCUT2D eigenvalue weighted by molar-refractivity contribution is 0.156. The van der Waals surface area contributed by atoms with Crippen LogP contribution in [0.4, 0.5) is 0 Å². The zero-order valence-electron chi connectivity index (χ0n) is 6.24. The van der Waals surface area contributed by atoms with Crippen molar-refractivity contribution in [1.29, 1.82) is 0 Å². The Kier molecular flexibility index (Phi) is 0.995. The summed E-state index contributed by atoms with van der Waals surface area (Å²) in [5.41, 5.74) is 3.99. The lowest BCUT2D eigenvalue weighted by Crippen LogP contribution is -2.35. The maximum absolute atomic E-state index is 4.98. The molecule has 3 rings (SSSR count). The van der Waals surface area contributed by atoms with Crippen LogP contribution in [0, 0.1) is 0 Å². The van der Waals surface area contributed by atoms with Crippen LogP contribution in [-0.4, -0.2) is 16.0 Å². The molecular formula is C8H7N3O. The maximum Gasteiger partial charge on any atom is 0.116 e. The van der Waals surface area contributed by atoms with Gasteiger partial charge in [-0.15, -0.1) is 5.48 Å². The zero-order valence-corrected chi connectivity index (χ0v) is 6.24. The molecule has 0 spiro atoms. The number of hydrogen-bond acceptors (Lipinski definition) is 3. The summed E-state index contributed by atoms with van der Waals surface area (Å²) in [5, 5.41) is 2.03. The molecule has 0 bridgehead atoms. The molecule has 1 atom stereocenters. The molecule has 4 heteroatoms. The van der Waals surface area contributed by atoms with E-state index in [1.165, 1.54) is 0 Å². The molecule has 12 heavy (non-hydrogen) atoms.